The van der Waals surface area contributed by atoms with Crippen molar-refractivity contribution in [2.45, 2.75) is 20.8 Å². The van der Waals surface area contributed by atoms with Crippen LogP contribution in [0.4, 0.5) is 11.4 Å². The van der Waals surface area contributed by atoms with E-state index in [-0.39, 0.29) is 0 Å². The Hall–Kier alpha value is -0.350. The molecule has 0 radical (unpaired) electrons. The number of halogens is 1. The van der Waals surface area contributed by atoms with Crippen LogP contribution in [0, 0.1) is 5.41 Å². The summed E-state index contributed by atoms with van der Waals surface area (Å²) >= 11 is 2.25. The molecule has 0 amide bonds. The molecule has 84 valence electrons. The van der Waals surface area contributed by atoms with Gasteiger partial charge in [-0.3, -0.25) is 0 Å². The standard InChI is InChI=1S/C8H11IN3P.C2H6/c1-5(10)7-4-6(11)2-3-8(7)12-13-9;1-2/h2-4,10,12-13H,11H2,1H3;1-2H3. The van der Waals surface area contributed by atoms with E-state index >= 15 is 0 Å². The Morgan fingerprint density at radius 1 is 1.47 bits per heavy atom. The average molecular weight is 337 g/mol. The lowest BCUT2D eigenvalue weighted by Crippen LogP contribution is -1.99. The Kier molecular flexibility index (Phi) is 7.70. The number of rotatable bonds is 3. The summed E-state index contributed by atoms with van der Waals surface area (Å²) in [6.45, 7) is 5.76. The van der Waals surface area contributed by atoms with Crippen LogP contribution < -0.4 is 10.8 Å². The van der Waals surface area contributed by atoms with Gasteiger partial charge < -0.3 is 16.2 Å². The van der Waals surface area contributed by atoms with Crippen molar-refractivity contribution in [2.24, 2.45) is 0 Å². The minimum Gasteiger partial charge on any atom is -0.399 e. The Bertz CT molecular complexity index is 328. The van der Waals surface area contributed by atoms with Gasteiger partial charge in [0, 0.05) is 29.0 Å². The van der Waals surface area contributed by atoms with Crippen LogP contribution >= 0.6 is 28.4 Å². The summed E-state index contributed by atoms with van der Waals surface area (Å²) in [5.41, 5.74) is 8.73. The van der Waals surface area contributed by atoms with Gasteiger partial charge in [0.15, 0.2) is 0 Å². The van der Waals surface area contributed by atoms with Crippen molar-refractivity contribution >= 4 is 45.5 Å². The van der Waals surface area contributed by atoms with Crippen molar-refractivity contribution in [3.8, 4) is 0 Å². The van der Waals surface area contributed by atoms with E-state index in [0.29, 0.717) is 17.8 Å². The van der Waals surface area contributed by atoms with Gasteiger partial charge in [-0.2, -0.15) is 0 Å². The first-order chi connectivity index (χ1) is 7.15. The molecule has 1 aromatic rings. The van der Waals surface area contributed by atoms with Crippen molar-refractivity contribution in [1.29, 1.82) is 5.41 Å². The Morgan fingerprint density at radius 2 is 2.07 bits per heavy atom. The Labute approximate surface area is 106 Å². The molecule has 0 aromatic heterocycles. The van der Waals surface area contributed by atoms with Crippen LogP contribution in [-0.4, -0.2) is 5.71 Å². The van der Waals surface area contributed by atoms with E-state index in [1.807, 2.05) is 32.0 Å². The number of nitrogens with two attached hydrogens (primary N) is 1. The van der Waals surface area contributed by atoms with E-state index in [2.05, 4.69) is 27.1 Å². The summed E-state index contributed by atoms with van der Waals surface area (Å²) in [5, 5.41) is 10.8. The van der Waals surface area contributed by atoms with Crippen molar-refractivity contribution in [1.82, 2.24) is 0 Å². The van der Waals surface area contributed by atoms with Crippen LogP contribution in [-0.2, 0) is 0 Å². The molecule has 0 bridgehead atoms. The predicted molar refractivity (Wildman–Crippen MR) is 80.7 cm³/mol. The van der Waals surface area contributed by atoms with Gasteiger partial charge in [0.25, 0.3) is 0 Å². The Morgan fingerprint density at radius 3 is 2.53 bits per heavy atom. The van der Waals surface area contributed by atoms with Gasteiger partial charge in [0.05, 0.1) is 0 Å². The smallest absolute Gasteiger partial charge is 0.0469 e. The third kappa shape index (κ3) is 4.80. The molecule has 0 aliphatic heterocycles. The third-order valence-electron chi connectivity index (χ3n) is 1.63. The zero-order valence-corrected chi connectivity index (χ0v) is 12.3. The zero-order chi connectivity index (χ0) is 11.8. The first-order valence-electron chi connectivity index (χ1n) is 4.72. The minimum absolute atomic E-state index is 0.532. The molecule has 1 atom stereocenters. The van der Waals surface area contributed by atoms with Crippen LogP contribution in [0.5, 0.6) is 0 Å². The monoisotopic (exact) mass is 337 g/mol. The molecule has 0 saturated carbocycles. The molecule has 0 aliphatic rings. The van der Waals surface area contributed by atoms with Gasteiger partial charge in [-0.15, -0.1) is 0 Å². The molecule has 5 heteroatoms. The summed E-state index contributed by atoms with van der Waals surface area (Å²) in [4.78, 5) is 0. The lowest BCUT2D eigenvalue weighted by Gasteiger charge is -2.09. The van der Waals surface area contributed by atoms with Gasteiger partial charge in [-0.05, 0) is 47.2 Å². The zero-order valence-electron chi connectivity index (χ0n) is 9.19. The highest BCUT2D eigenvalue weighted by Crippen LogP contribution is 2.28. The Balaban J connectivity index is 0.000000921. The number of anilines is 2. The van der Waals surface area contributed by atoms with E-state index < -0.39 is 0 Å². The molecular formula is C10H17IN3P. The minimum atomic E-state index is 0.532. The summed E-state index contributed by atoms with van der Waals surface area (Å²) in [6.07, 6.45) is 0.604. The SMILES string of the molecule is CC.CC(=N)c1cc(N)ccc1NPI. The molecule has 1 rings (SSSR count). The molecule has 0 fully saturated rings. The van der Waals surface area contributed by atoms with Gasteiger partial charge in [-0.25, -0.2) is 0 Å². The number of benzene rings is 1. The average Bonchev–Trinajstić information content (AvgIpc) is 2.24. The van der Waals surface area contributed by atoms with E-state index in [4.69, 9.17) is 11.1 Å². The summed E-state index contributed by atoms with van der Waals surface area (Å²) in [5.74, 6) is 0. The highest BCUT2D eigenvalue weighted by Gasteiger charge is 2.03. The van der Waals surface area contributed by atoms with Gasteiger partial charge in [0.2, 0.25) is 0 Å². The van der Waals surface area contributed by atoms with E-state index in [9.17, 15) is 0 Å². The van der Waals surface area contributed by atoms with Gasteiger partial charge >= 0.3 is 0 Å². The number of hydrogen-bond donors (Lipinski definition) is 3. The summed E-state index contributed by atoms with van der Waals surface area (Å²) < 4.78 is 0. The van der Waals surface area contributed by atoms with Gasteiger partial charge in [-0.1, -0.05) is 13.8 Å². The fraction of sp³-hybridized carbons (Fsp3) is 0.300. The van der Waals surface area contributed by atoms with Crippen LogP contribution in [0.15, 0.2) is 18.2 Å². The second kappa shape index (κ2) is 7.88. The van der Waals surface area contributed by atoms with Crippen molar-refractivity contribution in [2.75, 3.05) is 10.8 Å². The van der Waals surface area contributed by atoms with Crippen LogP contribution in [0.1, 0.15) is 26.3 Å². The maximum Gasteiger partial charge on any atom is 0.0469 e. The number of hydrogen-bond acceptors (Lipinski definition) is 3. The maximum absolute atomic E-state index is 7.56. The molecule has 3 nitrogen and oxygen atoms in total. The van der Waals surface area contributed by atoms with E-state index in [1.54, 1.807) is 6.92 Å². The fourth-order valence-corrected chi connectivity index (χ4v) is 2.22. The maximum atomic E-state index is 7.56. The van der Waals surface area contributed by atoms with Crippen molar-refractivity contribution in [3.05, 3.63) is 23.8 Å². The number of nitrogen functional groups attached to an aromatic ring is 1. The van der Waals surface area contributed by atoms with E-state index in [1.165, 1.54) is 0 Å². The molecule has 1 unspecified atom stereocenters. The topological polar surface area (TPSA) is 61.9 Å². The number of nitrogens with one attached hydrogen (secondary N) is 2. The third-order valence-corrected chi connectivity index (χ3v) is 2.80. The highest BCUT2D eigenvalue weighted by atomic mass is 127. The first kappa shape index (κ1) is 14.6. The molecular weight excluding hydrogens is 320 g/mol. The molecule has 0 aliphatic carbocycles. The van der Waals surface area contributed by atoms with Crippen molar-refractivity contribution in [3.63, 3.8) is 0 Å². The normalized spacial score (nSPS) is 9.60. The molecule has 1 aromatic carbocycles. The fourth-order valence-electron chi connectivity index (χ4n) is 1.03. The van der Waals surface area contributed by atoms with Crippen LogP contribution in [0.2, 0.25) is 0 Å². The molecule has 0 saturated heterocycles. The molecule has 15 heavy (non-hydrogen) atoms. The predicted octanol–water partition coefficient (Wildman–Crippen LogP) is 4.04. The molecule has 4 N–H and O–H groups in total. The highest BCUT2D eigenvalue weighted by molar-refractivity contribution is 14.2. The lowest BCUT2D eigenvalue weighted by molar-refractivity contribution is 1.45. The first-order valence-corrected chi connectivity index (χ1v) is 8.83. The summed E-state index contributed by atoms with van der Waals surface area (Å²) in [7, 11) is 0. The summed E-state index contributed by atoms with van der Waals surface area (Å²) in [6, 6.07) is 5.57. The van der Waals surface area contributed by atoms with Gasteiger partial charge in [0.1, 0.15) is 0 Å². The quantitative estimate of drug-likeness (QED) is 0.337. The van der Waals surface area contributed by atoms with Crippen molar-refractivity contribution < 1.29 is 0 Å². The molecule has 0 spiro atoms. The second-order valence-corrected chi connectivity index (χ2v) is 4.71. The lowest BCUT2D eigenvalue weighted by atomic mass is 10.1. The van der Waals surface area contributed by atoms with Crippen LogP contribution in [0.25, 0.3) is 0 Å². The second-order valence-electron chi connectivity index (χ2n) is 2.65. The largest absolute Gasteiger partial charge is 0.399 e. The molecule has 0 heterocycles. The van der Waals surface area contributed by atoms with Crippen LogP contribution in [0.3, 0.4) is 0 Å². The van der Waals surface area contributed by atoms with E-state index in [0.717, 1.165) is 11.3 Å².